The highest BCUT2D eigenvalue weighted by Gasteiger charge is 2.25. The molecule has 2 aromatic rings. The predicted octanol–water partition coefficient (Wildman–Crippen LogP) is 4.48. The van der Waals surface area contributed by atoms with Crippen molar-refractivity contribution in [2.24, 2.45) is 11.7 Å². The SMILES string of the molecule is C=CCc1ccc(O)c(-c2cc(CC=C)cc(CN3CCCC(C(=C)C(N)=O)C3)c2O)c1. The van der Waals surface area contributed by atoms with E-state index in [1.54, 1.807) is 6.07 Å². The fourth-order valence-corrected chi connectivity index (χ4v) is 4.39. The first-order valence-corrected chi connectivity index (χ1v) is 10.9. The smallest absolute Gasteiger partial charge is 0.244 e. The fraction of sp³-hybridized carbons (Fsp3) is 0.296. The van der Waals surface area contributed by atoms with Crippen molar-refractivity contribution in [1.82, 2.24) is 4.90 Å². The Morgan fingerprint density at radius 2 is 1.78 bits per heavy atom. The molecule has 1 atom stereocenters. The second-order valence-electron chi connectivity index (χ2n) is 8.45. The molecule has 1 aliphatic rings. The van der Waals surface area contributed by atoms with Gasteiger partial charge >= 0.3 is 0 Å². The van der Waals surface area contributed by atoms with E-state index >= 15 is 0 Å². The average molecular weight is 433 g/mol. The van der Waals surface area contributed by atoms with Crippen molar-refractivity contribution in [3.8, 4) is 22.6 Å². The number of rotatable bonds is 9. The van der Waals surface area contributed by atoms with Crippen LogP contribution in [0.1, 0.15) is 29.5 Å². The monoisotopic (exact) mass is 432 g/mol. The number of carbonyl (C=O) groups is 1. The van der Waals surface area contributed by atoms with E-state index in [2.05, 4.69) is 24.6 Å². The number of carbonyl (C=O) groups excluding carboxylic acids is 1. The zero-order chi connectivity index (χ0) is 23.3. The van der Waals surface area contributed by atoms with E-state index in [1.165, 1.54) is 0 Å². The van der Waals surface area contributed by atoms with Gasteiger partial charge in [-0.2, -0.15) is 0 Å². The molecule has 4 N–H and O–H groups in total. The zero-order valence-electron chi connectivity index (χ0n) is 18.5. The summed E-state index contributed by atoms with van der Waals surface area (Å²) in [4.78, 5) is 13.8. The highest BCUT2D eigenvalue weighted by atomic mass is 16.3. The summed E-state index contributed by atoms with van der Waals surface area (Å²) in [6.07, 6.45) is 6.77. The van der Waals surface area contributed by atoms with Gasteiger partial charge in [-0.05, 0) is 61.6 Å². The summed E-state index contributed by atoms with van der Waals surface area (Å²) in [5, 5.41) is 21.7. The Hall–Kier alpha value is -3.31. The van der Waals surface area contributed by atoms with Crippen molar-refractivity contribution < 1.29 is 15.0 Å². The minimum Gasteiger partial charge on any atom is -0.507 e. The molecule has 0 spiro atoms. The lowest BCUT2D eigenvalue weighted by atomic mass is 9.90. The summed E-state index contributed by atoms with van der Waals surface area (Å²) in [6.45, 7) is 13.5. The molecule has 1 unspecified atom stereocenters. The van der Waals surface area contributed by atoms with E-state index in [9.17, 15) is 15.0 Å². The van der Waals surface area contributed by atoms with E-state index < -0.39 is 5.91 Å². The molecule has 1 amide bonds. The number of allylic oxidation sites excluding steroid dienone is 2. The van der Waals surface area contributed by atoms with Gasteiger partial charge in [-0.3, -0.25) is 9.69 Å². The Bertz CT molecular complexity index is 1040. The van der Waals surface area contributed by atoms with Crippen LogP contribution in [0.4, 0.5) is 0 Å². The lowest BCUT2D eigenvalue weighted by molar-refractivity contribution is -0.115. The molecular formula is C27H32N2O3. The largest absolute Gasteiger partial charge is 0.507 e. The van der Waals surface area contributed by atoms with Gasteiger partial charge < -0.3 is 15.9 Å². The number of nitrogens with two attached hydrogens (primary N) is 1. The number of phenols is 2. The van der Waals surface area contributed by atoms with E-state index in [0.29, 0.717) is 42.6 Å². The van der Waals surface area contributed by atoms with E-state index in [-0.39, 0.29) is 17.4 Å². The van der Waals surface area contributed by atoms with Crippen LogP contribution in [0.3, 0.4) is 0 Å². The van der Waals surface area contributed by atoms with Gasteiger partial charge in [0, 0.05) is 41.3 Å². The molecule has 0 radical (unpaired) electrons. The molecule has 32 heavy (non-hydrogen) atoms. The minimum atomic E-state index is -0.454. The molecule has 0 aromatic heterocycles. The molecule has 1 saturated heterocycles. The maximum Gasteiger partial charge on any atom is 0.244 e. The standard InChI is InChI=1S/C27H32N2O3/c1-4-7-19-10-11-25(30)23(14-19)24-15-20(8-5-2)13-22(26(24)31)17-29-12-6-9-21(16-29)18(3)27(28)32/h4-5,10-11,13-15,21,30-31H,1-3,6-9,12,16-17H2,(H2,28,32). The number of benzene rings is 2. The number of amides is 1. The molecule has 1 fully saturated rings. The quantitative estimate of drug-likeness (QED) is 0.403. The first-order chi connectivity index (χ1) is 15.3. The van der Waals surface area contributed by atoms with Crippen LogP contribution in [-0.4, -0.2) is 34.1 Å². The van der Waals surface area contributed by atoms with Crippen molar-refractivity contribution in [2.45, 2.75) is 32.2 Å². The molecule has 3 rings (SSSR count). The van der Waals surface area contributed by atoms with Crippen LogP contribution in [0.15, 0.2) is 67.8 Å². The molecule has 0 aliphatic carbocycles. The molecule has 5 nitrogen and oxygen atoms in total. The Morgan fingerprint density at radius 1 is 1.09 bits per heavy atom. The fourth-order valence-electron chi connectivity index (χ4n) is 4.39. The normalized spacial score (nSPS) is 16.4. The summed E-state index contributed by atoms with van der Waals surface area (Å²) >= 11 is 0. The molecule has 0 saturated carbocycles. The lowest BCUT2D eigenvalue weighted by Crippen LogP contribution is -2.37. The van der Waals surface area contributed by atoms with Crippen LogP contribution < -0.4 is 5.73 Å². The number of piperidine rings is 1. The Balaban J connectivity index is 1.97. The second-order valence-corrected chi connectivity index (χ2v) is 8.45. The number of primary amides is 1. The van der Waals surface area contributed by atoms with Crippen molar-refractivity contribution >= 4 is 5.91 Å². The number of hydrogen-bond donors (Lipinski definition) is 3. The first-order valence-electron chi connectivity index (χ1n) is 10.9. The van der Waals surface area contributed by atoms with Gasteiger partial charge in [-0.1, -0.05) is 30.9 Å². The Labute approximate surface area is 190 Å². The van der Waals surface area contributed by atoms with Gasteiger partial charge in [0.15, 0.2) is 0 Å². The van der Waals surface area contributed by atoms with Crippen molar-refractivity contribution in [3.05, 3.63) is 84.5 Å². The number of nitrogens with zero attached hydrogens (tertiary/aromatic N) is 1. The highest BCUT2D eigenvalue weighted by Crippen LogP contribution is 2.40. The second kappa shape index (κ2) is 10.3. The summed E-state index contributed by atoms with van der Waals surface area (Å²) in [5.41, 5.74) is 9.87. The Kier molecular flexibility index (Phi) is 7.54. The maximum atomic E-state index is 11.6. The van der Waals surface area contributed by atoms with Gasteiger partial charge in [-0.15, -0.1) is 13.2 Å². The molecule has 168 valence electrons. The molecule has 0 bridgehead atoms. The predicted molar refractivity (Wildman–Crippen MR) is 129 cm³/mol. The van der Waals surface area contributed by atoms with Crippen LogP contribution in [-0.2, 0) is 24.2 Å². The first kappa shape index (κ1) is 23.4. The highest BCUT2D eigenvalue weighted by molar-refractivity contribution is 5.91. The van der Waals surface area contributed by atoms with E-state index in [1.807, 2.05) is 36.4 Å². The molecule has 1 aliphatic heterocycles. The molecule has 5 heteroatoms. The third-order valence-electron chi connectivity index (χ3n) is 6.07. The van der Waals surface area contributed by atoms with Gasteiger partial charge in [0.2, 0.25) is 5.91 Å². The van der Waals surface area contributed by atoms with Crippen LogP contribution in [0.2, 0.25) is 0 Å². The minimum absolute atomic E-state index is 0.0267. The van der Waals surface area contributed by atoms with Crippen LogP contribution in [0.5, 0.6) is 11.5 Å². The van der Waals surface area contributed by atoms with E-state index in [0.717, 1.165) is 36.1 Å². The third kappa shape index (κ3) is 5.29. The van der Waals surface area contributed by atoms with Crippen molar-refractivity contribution in [3.63, 3.8) is 0 Å². The third-order valence-corrected chi connectivity index (χ3v) is 6.07. The number of likely N-dealkylation sites (tertiary alicyclic amines) is 1. The van der Waals surface area contributed by atoms with Gasteiger partial charge in [-0.25, -0.2) is 0 Å². The molecule has 1 heterocycles. The van der Waals surface area contributed by atoms with Gasteiger partial charge in [0.1, 0.15) is 11.5 Å². The van der Waals surface area contributed by atoms with Gasteiger partial charge in [0.05, 0.1) is 0 Å². The Morgan fingerprint density at radius 3 is 2.47 bits per heavy atom. The molecular weight excluding hydrogens is 400 g/mol. The van der Waals surface area contributed by atoms with E-state index in [4.69, 9.17) is 5.73 Å². The van der Waals surface area contributed by atoms with Crippen LogP contribution >= 0.6 is 0 Å². The zero-order valence-corrected chi connectivity index (χ0v) is 18.5. The average Bonchev–Trinajstić information content (AvgIpc) is 2.77. The number of aromatic hydroxyl groups is 2. The summed E-state index contributed by atoms with van der Waals surface area (Å²) in [5.74, 6) is -0.158. The number of hydrogen-bond acceptors (Lipinski definition) is 4. The van der Waals surface area contributed by atoms with Crippen LogP contribution in [0, 0.1) is 5.92 Å². The van der Waals surface area contributed by atoms with Crippen LogP contribution in [0.25, 0.3) is 11.1 Å². The van der Waals surface area contributed by atoms with Gasteiger partial charge in [0.25, 0.3) is 0 Å². The summed E-state index contributed by atoms with van der Waals surface area (Å²) in [7, 11) is 0. The molecule has 2 aromatic carbocycles. The summed E-state index contributed by atoms with van der Waals surface area (Å²) < 4.78 is 0. The maximum absolute atomic E-state index is 11.6. The summed E-state index contributed by atoms with van der Waals surface area (Å²) in [6, 6.07) is 9.28. The van der Waals surface area contributed by atoms with Crippen molar-refractivity contribution in [2.75, 3.05) is 13.1 Å². The topological polar surface area (TPSA) is 86.8 Å². The number of phenolic OH excluding ortho intramolecular Hbond substituents is 2. The van der Waals surface area contributed by atoms with Crippen molar-refractivity contribution in [1.29, 1.82) is 0 Å². The lowest BCUT2D eigenvalue weighted by Gasteiger charge is -2.33.